The number of fused-ring (bicyclic) bond motifs is 3. The summed E-state index contributed by atoms with van der Waals surface area (Å²) in [5.41, 5.74) is 10.3. The zero-order valence-electron chi connectivity index (χ0n) is 26.7. The van der Waals surface area contributed by atoms with Crippen LogP contribution in [0.4, 0.5) is 0 Å². The first kappa shape index (κ1) is 28.6. The standard InChI is InChI=1S/C40H37N5/c1-39(2,3)27-15-19-36-30(23-27)31-24-28(40(4,5)6)16-20-37(31)45(36)29-17-13-26(14-18-29)38-43-34(32-11-7-9-21-41-32)25-35(44-38)33-12-8-10-22-42-33/h7-25H,1-6H3. The maximum absolute atomic E-state index is 4.95. The molecule has 0 aliphatic heterocycles. The lowest BCUT2D eigenvalue weighted by molar-refractivity contribution is 0.590. The molecule has 4 heterocycles. The van der Waals surface area contributed by atoms with Gasteiger partial charge in [0.15, 0.2) is 5.82 Å². The predicted octanol–water partition coefficient (Wildman–Crippen LogP) is 9.96. The number of hydrogen-bond donors (Lipinski definition) is 0. The first-order valence-corrected chi connectivity index (χ1v) is 15.5. The Hall–Kier alpha value is -5.16. The van der Waals surface area contributed by atoms with Crippen LogP contribution in [-0.4, -0.2) is 24.5 Å². The molecule has 0 aliphatic carbocycles. The number of aromatic nitrogens is 5. The lowest BCUT2D eigenvalue weighted by Crippen LogP contribution is -2.10. The Bertz CT molecular complexity index is 2020. The lowest BCUT2D eigenvalue weighted by atomic mass is 9.85. The zero-order valence-corrected chi connectivity index (χ0v) is 26.7. The van der Waals surface area contributed by atoms with Gasteiger partial charge in [0.2, 0.25) is 0 Å². The fourth-order valence-electron chi connectivity index (χ4n) is 5.86. The van der Waals surface area contributed by atoms with Gasteiger partial charge in [0.25, 0.3) is 0 Å². The van der Waals surface area contributed by atoms with E-state index in [1.807, 2.05) is 42.5 Å². The summed E-state index contributed by atoms with van der Waals surface area (Å²) in [7, 11) is 0. The summed E-state index contributed by atoms with van der Waals surface area (Å²) >= 11 is 0. The smallest absolute Gasteiger partial charge is 0.160 e. The number of hydrogen-bond acceptors (Lipinski definition) is 4. The van der Waals surface area contributed by atoms with Gasteiger partial charge in [-0.25, -0.2) is 9.97 Å². The van der Waals surface area contributed by atoms with Gasteiger partial charge in [-0.05, 0) is 101 Å². The Morgan fingerprint density at radius 1 is 0.489 bits per heavy atom. The molecule has 3 aromatic carbocycles. The van der Waals surface area contributed by atoms with Crippen LogP contribution in [0.15, 0.2) is 116 Å². The van der Waals surface area contributed by atoms with Crippen LogP contribution in [0.3, 0.4) is 0 Å². The summed E-state index contributed by atoms with van der Waals surface area (Å²) in [6.07, 6.45) is 3.57. The molecule has 7 aromatic rings. The fraction of sp³-hybridized carbons (Fsp3) is 0.200. The molecule has 0 spiro atoms. The summed E-state index contributed by atoms with van der Waals surface area (Å²) in [6, 6.07) is 36.1. The predicted molar refractivity (Wildman–Crippen MR) is 186 cm³/mol. The first-order valence-electron chi connectivity index (χ1n) is 15.5. The van der Waals surface area contributed by atoms with Gasteiger partial charge in [0.1, 0.15) is 0 Å². The van der Waals surface area contributed by atoms with E-state index in [2.05, 4.69) is 117 Å². The van der Waals surface area contributed by atoms with E-state index in [1.54, 1.807) is 12.4 Å². The molecular weight excluding hydrogens is 550 g/mol. The van der Waals surface area contributed by atoms with Crippen molar-refractivity contribution in [2.75, 3.05) is 0 Å². The lowest BCUT2D eigenvalue weighted by Gasteiger charge is -2.19. The Morgan fingerprint density at radius 3 is 1.40 bits per heavy atom. The fourth-order valence-corrected chi connectivity index (χ4v) is 5.86. The van der Waals surface area contributed by atoms with Gasteiger partial charge in [0, 0.05) is 34.4 Å². The maximum atomic E-state index is 4.95. The number of rotatable bonds is 4. The van der Waals surface area contributed by atoms with E-state index in [-0.39, 0.29) is 10.8 Å². The molecule has 0 N–H and O–H groups in total. The van der Waals surface area contributed by atoms with Gasteiger partial charge in [-0.2, -0.15) is 0 Å². The molecule has 0 radical (unpaired) electrons. The van der Waals surface area contributed by atoms with Crippen LogP contribution in [0.25, 0.3) is 61.7 Å². The molecule has 5 heteroatoms. The molecule has 0 bridgehead atoms. The van der Waals surface area contributed by atoms with E-state index in [4.69, 9.17) is 9.97 Å². The van der Waals surface area contributed by atoms with Crippen molar-refractivity contribution in [1.29, 1.82) is 0 Å². The third kappa shape index (κ3) is 5.40. The van der Waals surface area contributed by atoms with Crippen molar-refractivity contribution >= 4 is 21.8 Å². The van der Waals surface area contributed by atoms with Crippen LogP contribution in [0.5, 0.6) is 0 Å². The third-order valence-corrected chi connectivity index (χ3v) is 8.46. The van der Waals surface area contributed by atoms with Crippen LogP contribution >= 0.6 is 0 Å². The Labute approximate surface area is 264 Å². The molecule has 0 aliphatic rings. The summed E-state index contributed by atoms with van der Waals surface area (Å²) in [4.78, 5) is 19.0. The van der Waals surface area contributed by atoms with Crippen LogP contribution in [-0.2, 0) is 10.8 Å². The second-order valence-electron chi connectivity index (χ2n) is 13.7. The number of benzene rings is 3. The van der Waals surface area contributed by atoms with Crippen molar-refractivity contribution in [2.45, 2.75) is 52.4 Å². The van der Waals surface area contributed by atoms with E-state index >= 15 is 0 Å². The van der Waals surface area contributed by atoms with E-state index in [0.717, 1.165) is 34.0 Å². The second kappa shape index (κ2) is 10.8. The molecule has 0 unspecified atom stereocenters. The van der Waals surface area contributed by atoms with Crippen LogP contribution in [0.1, 0.15) is 52.7 Å². The van der Waals surface area contributed by atoms with Crippen molar-refractivity contribution in [1.82, 2.24) is 24.5 Å². The quantitative estimate of drug-likeness (QED) is 0.206. The van der Waals surface area contributed by atoms with E-state index < -0.39 is 0 Å². The van der Waals surface area contributed by atoms with Crippen molar-refractivity contribution in [3.05, 3.63) is 127 Å². The highest BCUT2D eigenvalue weighted by atomic mass is 15.0. The normalized spacial score (nSPS) is 12.2. The minimum Gasteiger partial charge on any atom is -0.309 e. The minimum absolute atomic E-state index is 0.0594. The minimum atomic E-state index is 0.0594. The highest BCUT2D eigenvalue weighted by Crippen LogP contribution is 2.38. The average molecular weight is 588 g/mol. The van der Waals surface area contributed by atoms with E-state index in [0.29, 0.717) is 5.82 Å². The molecule has 4 aromatic heterocycles. The first-order chi connectivity index (χ1) is 21.6. The molecule has 45 heavy (non-hydrogen) atoms. The molecule has 7 rings (SSSR count). The molecule has 0 atom stereocenters. The zero-order chi connectivity index (χ0) is 31.3. The highest BCUT2D eigenvalue weighted by molar-refractivity contribution is 6.10. The molecular formula is C40H37N5. The summed E-state index contributed by atoms with van der Waals surface area (Å²) in [5, 5.41) is 2.55. The second-order valence-corrected chi connectivity index (χ2v) is 13.7. The topological polar surface area (TPSA) is 56.5 Å². The van der Waals surface area contributed by atoms with Crippen molar-refractivity contribution in [3.8, 4) is 39.9 Å². The molecule has 0 saturated carbocycles. The Kier molecular flexibility index (Phi) is 6.85. The number of nitrogens with zero attached hydrogens (tertiary/aromatic N) is 5. The van der Waals surface area contributed by atoms with Gasteiger partial charge in [-0.15, -0.1) is 0 Å². The van der Waals surface area contributed by atoms with Crippen LogP contribution < -0.4 is 0 Å². The van der Waals surface area contributed by atoms with Gasteiger partial charge < -0.3 is 4.57 Å². The van der Waals surface area contributed by atoms with Crippen LogP contribution in [0.2, 0.25) is 0 Å². The van der Waals surface area contributed by atoms with Crippen LogP contribution in [0, 0.1) is 0 Å². The van der Waals surface area contributed by atoms with Gasteiger partial charge in [-0.1, -0.05) is 65.8 Å². The monoisotopic (exact) mass is 587 g/mol. The van der Waals surface area contributed by atoms with Gasteiger partial charge >= 0.3 is 0 Å². The molecule has 5 nitrogen and oxygen atoms in total. The Balaban J connectivity index is 1.38. The summed E-state index contributed by atoms with van der Waals surface area (Å²) in [5.74, 6) is 0.636. The maximum Gasteiger partial charge on any atom is 0.160 e. The SMILES string of the molecule is CC(C)(C)c1ccc2c(c1)c1cc(C(C)(C)C)ccc1n2-c1ccc(-c2nc(-c3ccccn3)cc(-c3ccccn3)n2)cc1. The highest BCUT2D eigenvalue weighted by Gasteiger charge is 2.21. The Morgan fingerprint density at radius 2 is 0.978 bits per heavy atom. The molecule has 0 fully saturated rings. The van der Waals surface area contributed by atoms with E-state index in [9.17, 15) is 0 Å². The molecule has 0 amide bonds. The molecule has 222 valence electrons. The van der Waals surface area contributed by atoms with E-state index in [1.165, 1.54) is 32.9 Å². The van der Waals surface area contributed by atoms with Crippen molar-refractivity contribution < 1.29 is 0 Å². The van der Waals surface area contributed by atoms with Gasteiger partial charge in [-0.3, -0.25) is 9.97 Å². The van der Waals surface area contributed by atoms with Crippen molar-refractivity contribution in [3.63, 3.8) is 0 Å². The summed E-state index contributed by atoms with van der Waals surface area (Å²) in [6.45, 7) is 13.6. The van der Waals surface area contributed by atoms with Gasteiger partial charge in [0.05, 0.1) is 33.8 Å². The number of pyridine rings is 2. The average Bonchev–Trinajstić information content (AvgIpc) is 3.38. The summed E-state index contributed by atoms with van der Waals surface area (Å²) < 4.78 is 2.37. The van der Waals surface area contributed by atoms with Crippen molar-refractivity contribution in [2.24, 2.45) is 0 Å². The molecule has 0 saturated heterocycles. The third-order valence-electron chi connectivity index (χ3n) is 8.46. The largest absolute Gasteiger partial charge is 0.309 e.